The number of nitriles is 2. The molecule has 0 bridgehead atoms. The van der Waals surface area contributed by atoms with E-state index in [1.54, 1.807) is 12.1 Å². The number of benzene rings is 1. The van der Waals surface area contributed by atoms with Crippen LogP contribution in [0.15, 0.2) is 18.3 Å². The van der Waals surface area contributed by atoms with E-state index in [2.05, 4.69) is 42.7 Å². The molecule has 0 spiro atoms. The van der Waals surface area contributed by atoms with E-state index in [4.69, 9.17) is 11.6 Å². The Morgan fingerprint density at radius 1 is 1.08 bits per heavy atom. The van der Waals surface area contributed by atoms with Crippen molar-refractivity contribution in [1.82, 2.24) is 24.5 Å². The Kier molecular flexibility index (Phi) is 5.50. The highest BCUT2D eigenvalue weighted by Crippen LogP contribution is 2.37. The summed E-state index contributed by atoms with van der Waals surface area (Å²) in [6.07, 6.45) is 5.53. The van der Waals surface area contributed by atoms with Crippen LogP contribution in [0.1, 0.15) is 36.9 Å². The molecular formula is C24H23ClN10O. The maximum Gasteiger partial charge on any atom is 0.247 e. The zero-order valence-electron chi connectivity index (χ0n) is 19.4. The van der Waals surface area contributed by atoms with Crippen molar-refractivity contribution in [2.45, 2.75) is 31.7 Å². The Morgan fingerprint density at radius 3 is 2.53 bits per heavy atom. The van der Waals surface area contributed by atoms with E-state index in [9.17, 15) is 15.3 Å². The molecule has 6 rings (SSSR count). The predicted molar refractivity (Wildman–Crippen MR) is 133 cm³/mol. The van der Waals surface area contributed by atoms with E-state index < -0.39 is 0 Å². The largest absolute Gasteiger partial charge is 0.367 e. The number of carbonyl (C=O) groups is 1. The smallest absolute Gasteiger partial charge is 0.247 e. The van der Waals surface area contributed by atoms with Gasteiger partial charge in [-0.15, -0.1) is 5.10 Å². The average molecular weight is 503 g/mol. The zero-order valence-corrected chi connectivity index (χ0v) is 20.2. The minimum absolute atomic E-state index is 0.200. The fraction of sp³-hybridized carbons (Fsp3) is 0.417. The molecule has 12 heteroatoms. The molecule has 2 aliphatic carbocycles. The van der Waals surface area contributed by atoms with Gasteiger partial charge in [0.1, 0.15) is 6.07 Å². The topological polar surface area (TPSA) is 138 Å². The Labute approximate surface area is 212 Å². The van der Waals surface area contributed by atoms with Gasteiger partial charge in [-0.1, -0.05) is 11.6 Å². The molecule has 2 saturated carbocycles. The van der Waals surface area contributed by atoms with Crippen LogP contribution >= 0.6 is 11.6 Å². The molecule has 182 valence electrons. The summed E-state index contributed by atoms with van der Waals surface area (Å²) in [4.78, 5) is 25.3. The number of rotatable bonds is 6. The van der Waals surface area contributed by atoms with Gasteiger partial charge in [-0.2, -0.15) is 20.0 Å². The lowest BCUT2D eigenvalue weighted by atomic mass is 10.1. The van der Waals surface area contributed by atoms with Crippen LogP contribution in [0.3, 0.4) is 0 Å². The second-order valence-corrected chi connectivity index (χ2v) is 9.75. The van der Waals surface area contributed by atoms with Gasteiger partial charge in [0, 0.05) is 38.1 Å². The molecule has 1 aromatic carbocycles. The summed E-state index contributed by atoms with van der Waals surface area (Å²) in [5.41, 5.74) is 2.39. The molecule has 0 atom stereocenters. The predicted octanol–water partition coefficient (Wildman–Crippen LogP) is 2.90. The minimum Gasteiger partial charge on any atom is -0.367 e. The SMILES string of the molecule is N#Cc1cc(Nc2nc(NC3CC3)c3ncc(C#N)n3n2)c(Cl)c(N2CCN(C(=O)C3CC3)CC2)c1. The molecule has 3 aromatic rings. The molecule has 3 aliphatic rings. The van der Waals surface area contributed by atoms with Crippen LogP contribution in [0.5, 0.6) is 0 Å². The van der Waals surface area contributed by atoms with Crippen molar-refractivity contribution in [2.75, 3.05) is 41.7 Å². The van der Waals surface area contributed by atoms with Crippen molar-refractivity contribution >= 4 is 46.3 Å². The van der Waals surface area contributed by atoms with Crippen molar-refractivity contribution in [3.8, 4) is 12.1 Å². The van der Waals surface area contributed by atoms with Gasteiger partial charge in [0.15, 0.2) is 17.2 Å². The van der Waals surface area contributed by atoms with Crippen LogP contribution < -0.4 is 15.5 Å². The van der Waals surface area contributed by atoms with Crippen molar-refractivity contribution < 1.29 is 4.79 Å². The van der Waals surface area contributed by atoms with Gasteiger partial charge in [0.2, 0.25) is 11.9 Å². The van der Waals surface area contributed by atoms with Gasteiger partial charge < -0.3 is 20.4 Å². The van der Waals surface area contributed by atoms with E-state index in [1.807, 2.05) is 4.90 Å². The fourth-order valence-electron chi connectivity index (χ4n) is 4.40. The van der Waals surface area contributed by atoms with Gasteiger partial charge in [-0.05, 0) is 37.8 Å². The summed E-state index contributed by atoms with van der Waals surface area (Å²) < 4.78 is 1.44. The lowest BCUT2D eigenvalue weighted by Gasteiger charge is -2.37. The van der Waals surface area contributed by atoms with Gasteiger partial charge in [0.05, 0.1) is 34.2 Å². The molecule has 36 heavy (non-hydrogen) atoms. The van der Waals surface area contributed by atoms with Crippen molar-refractivity contribution in [1.29, 1.82) is 10.5 Å². The number of nitrogens with one attached hydrogen (secondary N) is 2. The first-order valence-corrected chi connectivity index (χ1v) is 12.4. The number of carbonyl (C=O) groups excluding carboxylic acids is 1. The van der Waals surface area contributed by atoms with E-state index >= 15 is 0 Å². The third-order valence-electron chi connectivity index (χ3n) is 6.68. The first kappa shape index (κ1) is 22.4. The van der Waals surface area contributed by atoms with Crippen molar-refractivity contribution in [3.63, 3.8) is 0 Å². The van der Waals surface area contributed by atoms with Crippen molar-refractivity contribution in [2.24, 2.45) is 5.92 Å². The maximum atomic E-state index is 12.4. The van der Waals surface area contributed by atoms with E-state index in [1.165, 1.54) is 10.7 Å². The number of hydrogen-bond acceptors (Lipinski definition) is 9. The summed E-state index contributed by atoms with van der Waals surface area (Å²) in [7, 11) is 0. The number of fused-ring (bicyclic) bond motifs is 1. The number of piperazine rings is 1. The second-order valence-electron chi connectivity index (χ2n) is 9.37. The summed E-state index contributed by atoms with van der Waals surface area (Å²) in [6, 6.07) is 8.03. The van der Waals surface area contributed by atoms with E-state index in [0.717, 1.165) is 31.4 Å². The number of nitrogens with zero attached hydrogens (tertiary/aromatic N) is 8. The molecule has 0 radical (unpaired) electrons. The number of halogens is 1. The molecular weight excluding hydrogens is 480 g/mol. The first-order chi connectivity index (χ1) is 17.5. The van der Waals surface area contributed by atoms with Gasteiger partial charge in [-0.3, -0.25) is 4.79 Å². The molecule has 0 unspecified atom stereocenters. The lowest BCUT2D eigenvalue weighted by molar-refractivity contribution is -0.132. The number of aromatic nitrogens is 4. The first-order valence-electron chi connectivity index (χ1n) is 12.0. The number of anilines is 4. The molecule has 2 aromatic heterocycles. The highest BCUT2D eigenvalue weighted by molar-refractivity contribution is 6.36. The standard InChI is InChI=1S/C24H23ClN10O/c25-20-18(30-24-31-21(29-16-3-4-16)22-28-13-17(12-27)35(22)32-24)9-14(11-26)10-19(20)33-5-7-34(8-6-33)23(36)15-1-2-15/h9-10,13,15-16H,1-8H2,(H2,29,30,31,32). The summed E-state index contributed by atoms with van der Waals surface area (Å²) in [5.74, 6) is 1.20. The van der Waals surface area contributed by atoms with Crippen LogP contribution in [0.25, 0.3) is 5.65 Å². The molecule has 11 nitrogen and oxygen atoms in total. The molecule has 3 fully saturated rings. The Morgan fingerprint density at radius 2 is 1.86 bits per heavy atom. The van der Waals surface area contributed by atoms with Crippen LogP contribution in [-0.2, 0) is 4.79 Å². The van der Waals surface area contributed by atoms with Crippen LogP contribution in [-0.4, -0.2) is 62.6 Å². The fourth-order valence-corrected chi connectivity index (χ4v) is 4.68. The monoisotopic (exact) mass is 502 g/mol. The summed E-state index contributed by atoms with van der Waals surface area (Å²) in [5, 5.41) is 30.5. The molecule has 2 N–H and O–H groups in total. The molecule has 1 saturated heterocycles. The molecule has 1 aliphatic heterocycles. The number of amides is 1. The number of hydrogen-bond donors (Lipinski definition) is 2. The number of imidazole rings is 1. The van der Waals surface area contributed by atoms with Crippen molar-refractivity contribution in [3.05, 3.63) is 34.6 Å². The Balaban J connectivity index is 1.30. The highest BCUT2D eigenvalue weighted by Gasteiger charge is 2.35. The quantitative estimate of drug-likeness (QED) is 0.520. The Bertz CT molecular complexity index is 1440. The zero-order chi connectivity index (χ0) is 24.8. The van der Waals surface area contributed by atoms with Gasteiger partial charge in [-0.25, -0.2) is 4.98 Å². The second kappa shape index (κ2) is 8.85. The normalized spacial score (nSPS) is 17.5. The highest BCUT2D eigenvalue weighted by atomic mass is 35.5. The Hall–Kier alpha value is -4.09. The maximum absolute atomic E-state index is 12.4. The molecule has 1 amide bonds. The van der Waals surface area contributed by atoms with Crippen LogP contribution in [0.4, 0.5) is 23.1 Å². The van der Waals surface area contributed by atoms with E-state index in [0.29, 0.717) is 60.0 Å². The van der Waals surface area contributed by atoms with E-state index in [-0.39, 0.29) is 23.5 Å². The van der Waals surface area contributed by atoms with Crippen LogP contribution in [0, 0.1) is 28.6 Å². The van der Waals surface area contributed by atoms with Gasteiger partial charge >= 0.3 is 0 Å². The lowest BCUT2D eigenvalue weighted by Crippen LogP contribution is -2.49. The third kappa shape index (κ3) is 4.23. The summed E-state index contributed by atoms with van der Waals surface area (Å²) >= 11 is 6.83. The minimum atomic E-state index is 0.200. The van der Waals surface area contributed by atoms with Crippen LogP contribution in [0.2, 0.25) is 5.02 Å². The average Bonchev–Trinajstić information content (AvgIpc) is 3.83. The van der Waals surface area contributed by atoms with Gasteiger partial charge in [0.25, 0.3) is 0 Å². The summed E-state index contributed by atoms with van der Waals surface area (Å²) in [6.45, 7) is 2.51. The molecule has 3 heterocycles. The third-order valence-corrected chi connectivity index (χ3v) is 7.08.